The molecule has 2 aliphatic heterocycles. The maximum absolute atomic E-state index is 13.2. The van der Waals surface area contributed by atoms with Gasteiger partial charge in [0.2, 0.25) is 0 Å². The molecule has 9 heteroatoms. The highest BCUT2D eigenvalue weighted by atomic mass is 35.5. The van der Waals surface area contributed by atoms with Crippen molar-refractivity contribution in [3.63, 3.8) is 0 Å². The third-order valence-electron chi connectivity index (χ3n) is 5.91. The monoisotopic (exact) mass is 432 g/mol. The summed E-state index contributed by atoms with van der Waals surface area (Å²) in [6.07, 6.45) is 1.33. The molecule has 8 nitrogen and oxygen atoms in total. The summed E-state index contributed by atoms with van der Waals surface area (Å²) in [4.78, 5) is 44.8. The number of halogens is 1. The number of hydrogen-bond acceptors (Lipinski definition) is 5. The number of rotatable bonds is 3. The first-order valence-corrected chi connectivity index (χ1v) is 10.5. The van der Waals surface area contributed by atoms with Gasteiger partial charge in [-0.1, -0.05) is 11.6 Å². The Morgan fingerprint density at radius 1 is 1.17 bits per heavy atom. The fourth-order valence-electron chi connectivity index (χ4n) is 4.14. The highest BCUT2D eigenvalue weighted by Crippen LogP contribution is 2.29. The third kappa shape index (κ3) is 3.71. The summed E-state index contributed by atoms with van der Waals surface area (Å²) >= 11 is 6.40. The van der Waals surface area contributed by atoms with Crippen molar-refractivity contribution in [1.82, 2.24) is 20.1 Å². The van der Waals surface area contributed by atoms with Crippen molar-refractivity contribution in [2.75, 3.05) is 26.2 Å². The van der Waals surface area contributed by atoms with E-state index >= 15 is 0 Å². The number of piperazine rings is 1. The normalized spacial score (nSPS) is 24.5. The second kappa shape index (κ2) is 8.02. The lowest BCUT2D eigenvalue weighted by atomic mass is 10.0. The number of nitrogens with one attached hydrogen (secondary N) is 2. The van der Waals surface area contributed by atoms with Crippen LogP contribution in [0.2, 0.25) is 5.02 Å². The van der Waals surface area contributed by atoms with Crippen molar-refractivity contribution in [2.45, 2.75) is 38.5 Å². The largest absolute Gasteiger partial charge is 0.391 e. The fraction of sp³-hybridized carbons (Fsp3) is 0.476. The Labute approximate surface area is 179 Å². The maximum Gasteiger partial charge on any atom is 0.295 e. The molecule has 2 saturated heterocycles. The first-order valence-electron chi connectivity index (χ1n) is 10.1. The van der Waals surface area contributed by atoms with E-state index in [1.54, 1.807) is 17.0 Å². The number of likely N-dealkylation sites (tertiary alicyclic amines) is 1. The molecule has 0 aliphatic carbocycles. The molecule has 0 spiro atoms. The molecule has 0 bridgehead atoms. The fourth-order valence-corrected chi connectivity index (χ4v) is 4.38. The Kier molecular flexibility index (Phi) is 5.57. The molecule has 0 unspecified atom stereocenters. The number of aromatic amines is 1. The number of β-amino-alcohol motifs (C(OH)–C–C–N with tert-alkyl or cyclic N) is 1. The van der Waals surface area contributed by atoms with Crippen LogP contribution in [0, 0.1) is 0 Å². The summed E-state index contributed by atoms with van der Waals surface area (Å²) in [5, 5.41) is 13.8. The van der Waals surface area contributed by atoms with Crippen molar-refractivity contribution < 1.29 is 19.5 Å². The van der Waals surface area contributed by atoms with Crippen LogP contribution in [0.4, 0.5) is 0 Å². The number of benzene rings is 1. The molecule has 160 valence electrons. The van der Waals surface area contributed by atoms with Crippen molar-refractivity contribution >= 4 is 40.1 Å². The van der Waals surface area contributed by atoms with Crippen LogP contribution >= 0.6 is 11.6 Å². The zero-order valence-corrected chi connectivity index (χ0v) is 17.7. The smallest absolute Gasteiger partial charge is 0.295 e. The number of aliphatic hydroxyl groups excluding tert-OH is 1. The molecule has 30 heavy (non-hydrogen) atoms. The minimum absolute atomic E-state index is 0.0102. The van der Waals surface area contributed by atoms with Crippen LogP contribution < -0.4 is 5.32 Å². The van der Waals surface area contributed by atoms with E-state index < -0.39 is 17.8 Å². The van der Waals surface area contributed by atoms with Gasteiger partial charge in [0.25, 0.3) is 17.6 Å². The van der Waals surface area contributed by atoms with Crippen LogP contribution in [0.15, 0.2) is 18.3 Å². The predicted octanol–water partition coefficient (Wildman–Crippen LogP) is 1.42. The lowest BCUT2D eigenvalue weighted by molar-refractivity contribution is -0.125. The van der Waals surface area contributed by atoms with Gasteiger partial charge in [0.1, 0.15) is 0 Å². The van der Waals surface area contributed by atoms with E-state index in [1.807, 2.05) is 13.8 Å². The number of aromatic nitrogens is 1. The molecule has 0 radical (unpaired) electrons. The van der Waals surface area contributed by atoms with Crippen LogP contribution in [0.1, 0.15) is 41.0 Å². The van der Waals surface area contributed by atoms with E-state index in [-0.39, 0.29) is 30.1 Å². The topological polar surface area (TPSA) is 106 Å². The number of amides is 2. The van der Waals surface area contributed by atoms with E-state index in [0.29, 0.717) is 47.5 Å². The van der Waals surface area contributed by atoms with Gasteiger partial charge in [-0.2, -0.15) is 0 Å². The standard InChI is InChI=1S/C21H25ClN4O4/c1-11-9-26(12(2)7-23-11)20(29)15-5-14-16(8-24-18(14)6-17(15)22)19(28)21(30)25-4-3-13(27)10-25/h5-6,8,11-13,23-24,27H,3-4,7,9-10H2,1-2H3/t11-,12+,13-/m0/s1. The zero-order valence-electron chi connectivity index (χ0n) is 16.9. The number of aliphatic hydroxyl groups is 1. The number of nitrogens with zero attached hydrogens (tertiary/aromatic N) is 2. The Morgan fingerprint density at radius 2 is 1.93 bits per heavy atom. The quantitative estimate of drug-likeness (QED) is 0.502. The molecule has 0 saturated carbocycles. The van der Waals surface area contributed by atoms with Gasteiger partial charge < -0.3 is 25.2 Å². The number of fused-ring (bicyclic) bond motifs is 1. The van der Waals surface area contributed by atoms with Crippen molar-refractivity contribution in [3.8, 4) is 0 Å². The molecule has 2 aromatic rings. The molecule has 3 heterocycles. The number of carbonyl (C=O) groups excluding carboxylic acids is 3. The van der Waals surface area contributed by atoms with Gasteiger partial charge in [0.05, 0.1) is 22.3 Å². The van der Waals surface area contributed by atoms with E-state index in [1.165, 1.54) is 11.1 Å². The van der Waals surface area contributed by atoms with Crippen molar-refractivity contribution in [1.29, 1.82) is 0 Å². The lowest BCUT2D eigenvalue weighted by Crippen LogP contribution is -2.56. The van der Waals surface area contributed by atoms with Gasteiger partial charge in [0, 0.05) is 55.4 Å². The van der Waals surface area contributed by atoms with Gasteiger partial charge in [0.15, 0.2) is 0 Å². The second-order valence-corrected chi connectivity index (χ2v) is 8.63. The molecule has 1 aromatic carbocycles. The summed E-state index contributed by atoms with van der Waals surface area (Å²) in [5.74, 6) is -1.52. The van der Waals surface area contributed by atoms with Crippen LogP contribution in [0.3, 0.4) is 0 Å². The van der Waals surface area contributed by atoms with Crippen LogP contribution in [0.5, 0.6) is 0 Å². The average molecular weight is 433 g/mol. The molecule has 2 amide bonds. The summed E-state index contributed by atoms with van der Waals surface area (Å²) < 4.78 is 0. The molecular formula is C21H25ClN4O4. The Bertz CT molecular complexity index is 1020. The van der Waals surface area contributed by atoms with E-state index in [4.69, 9.17) is 11.6 Å². The molecule has 2 fully saturated rings. The Hall–Kier alpha value is -2.42. The Morgan fingerprint density at radius 3 is 2.63 bits per heavy atom. The van der Waals surface area contributed by atoms with Gasteiger partial charge in [-0.3, -0.25) is 14.4 Å². The number of H-pyrrole nitrogens is 1. The summed E-state index contributed by atoms with van der Waals surface area (Å²) in [5.41, 5.74) is 1.09. The van der Waals surface area contributed by atoms with E-state index in [0.717, 1.165) is 0 Å². The van der Waals surface area contributed by atoms with Gasteiger partial charge in [-0.15, -0.1) is 0 Å². The van der Waals surface area contributed by atoms with Gasteiger partial charge >= 0.3 is 0 Å². The highest BCUT2D eigenvalue weighted by Gasteiger charge is 2.32. The summed E-state index contributed by atoms with van der Waals surface area (Å²) in [6, 6.07) is 3.39. The highest BCUT2D eigenvalue weighted by molar-refractivity contribution is 6.45. The zero-order chi connectivity index (χ0) is 21.6. The molecular weight excluding hydrogens is 408 g/mol. The predicted molar refractivity (Wildman–Crippen MR) is 113 cm³/mol. The first-order chi connectivity index (χ1) is 14.3. The SMILES string of the molecule is C[C@@H]1CN[C@@H](C)CN1C(=O)c1cc2c(C(=O)C(=O)N3CC[C@H](O)C3)c[nH]c2cc1Cl. The van der Waals surface area contributed by atoms with Gasteiger partial charge in [-0.25, -0.2) is 0 Å². The van der Waals surface area contributed by atoms with Crippen LogP contribution in [-0.2, 0) is 4.79 Å². The lowest BCUT2D eigenvalue weighted by Gasteiger charge is -2.37. The summed E-state index contributed by atoms with van der Waals surface area (Å²) in [7, 11) is 0. The van der Waals surface area contributed by atoms with Gasteiger partial charge in [-0.05, 0) is 32.4 Å². The van der Waals surface area contributed by atoms with Crippen LogP contribution in [0.25, 0.3) is 10.9 Å². The van der Waals surface area contributed by atoms with E-state index in [2.05, 4.69) is 10.3 Å². The maximum atomic E-state index is 13.2. The molecule has 4 rings (SSSR count). The number of Topliss-reactive ketones (excluding diaryl/α,β-unsaturated/α-hetero) is 1. The minimum atomic E-state index is -0.666. The van der Waals surface area contributed by atoms with E-state index in [9.17, 15) is 19.5 Å². The Balaban J connectivity index is 1.66. The molecule has 3 atom stereocenters. The number of hydrogen-bond donors (Lipinski definition) is 3. The second-order valence-electron chi connectivity index (χ2n) is 8.22. The van der Waals surface area contributed by atoms with Crippen molar-refractivity contribution in [2.24, 2.45) is 0 Å². The van der Waals surface area contributed by atoms with Crippen molar-refractivity contribution in [3.05, 3.63) is 34.5 Å². The first kappa shape index (κ1) is 20.8. The van der Waals surface area contributed by atoms with Crippen LogP contribution in [-0.4, -0.2) is 81.9 Å². The third-order valence-corrected chi connectivity index (χ3v) is 6.23. The summed E-state index contributed by atoms with van der Waals surface area (Å²) in [6.45, 7) is 5.74. The number of ketones is 1. The minimum Gasteiger partial charge on any atom is -0.391 e. The molecule has 2 aliphatic rings. The number of carbonyl (C=O) groups is 3. The molecule has 1 aromatic heterocycles. The molecule has 3 N–H and O–H groups in total. The average Bonchev–Trinajstić information content (AvgIpc) is 3.33.